The molecule has 1 aliphatic carbocycles. The van der Waals surface area contributed by atoms with Crippen molar-refractivity contribution in [2.45, 2.75) is 25.8 Å². The van der Waals surface area contributed by atoms with Crippen LogP contribution in [0.4, 0.5) is 0 Å². The fourth-order valence-corrected chi connectivity index (χ4v) is 3.26. The van der Waals surface area contributed by atoms with Gasteiger partial charge in [-0.1, -0.05) is 30.3 Å². The topological polar surface area (TPSA) is 81.2 Å². The van der Waals surface area contributed by atoms with Crippen molar-refractivity contribution < 1.29 is 14.3 Å². The number of ketones is 1. The highest BCUT2D eigenvalue weighted by atomic mass is 16.5. The Morgan fingerprint density at radius 3 is 2.40 bits per heavy atom. The number of nitrogens with zero attached hydrogens (tertiary/aromatic N) is 2. The lowest BCUT2D eigenvalue weighted by Gasteiger charge is -2.17. The average molecular weight is 401 g/mol. The van der Waals surface area contributed by atoms with Crippen LogP contribution in [0.1, 0.15) is 46.3 Å². The molecule has 0 saturated heterocycles. The van der Waals surface area contributed by atoms with E-state index in [-0.39, 0.29) is 24.3 Å². The first kappa shape index (κ1) is 19.8. The predicted octanol–water partition coefficient (Wildman–Crippen LogP) is 3.66. The van der Waals surface area contributed by atoms with Crippen LogP contribution >= 0.6 is 0 Å². The zero-order chi connectivity index (χ0) is 20.9. The monoisotopic (exact) mass is 401 g/mol. The van der Waals surface area contributed by atoms with Crippen molar-refractivity contribution in [3.05, 3.63) is 89.5 Å². The second kappa shape index (κ2) is 8.86. The third kappa shape index (κ3) is 4.89. The van der Waals surface area contributed by atoms with Crippen LogP contribution in [0.2, 0.25) is 0 Å². The summed E-state index contributed by atoms with van der Waals surface area (Å²) in [6.07, 6.45) is 3.83. The van der Waals surface area contributed by atoms with Gasteiger partial charge in [-0.3, -0.25) is 9.59 Å². The Morgan fingerprint density at radius 1 is 1.03 bits per heavy atom. The quantitative estimate of drug-likeness (QED) is 0.583. The number of aryl methyl sites for hydroxylation is 1. The van der Waals surface area contributed by atoms with E-state index in [1.165, 1.54) is 0 Å². The Labute approximate surface area is 175 Å². The van der Waals surface area contributed by atoms with Gasteiger partial charge in [0.25, 0.3) is 5.91 Å². The average Bonchev–Trinajstić information content (AvgIpc) is 3.62. The number of hydrogen-bond donors (Lipinski definition) is 1. The molecule has 0 radical (unpaired) electrons. The molecular formula is C24H23N3O3. The van der Waals surface area contributed by atoms with E-state index in [1.807, 2.05) is 31.2 Å². The molecule has 1 aliphatic rings. The van der Waals surface area contributed by atoms with E-state index in [9.17, 15) is 9.59 Å². The summed E-state index contributed by atoms with van der Waals surface area (Å²) in [5, 5.41) is 3.00. The molecule has 4 rings (SSSR count). The molecule has 1 atom stereocenters. The maximum absolute atomic E-state index is 12.5. The minimum atomic E-state index is -0.221. The van der Waals surface area contributed by atoms with Crippen LogP contribution in [0, 0.1) is 12.8 Å². The predicted molar refractivity (Wildman–Crippen MR) is 112 cm³/mol. The number of rotatable bonds is 8. The van der Waals surface area contributed by atoms with Crippen molar-refractivity contribution in [1.29, 1.82) is 0 Å². The molecule has 0 aliphatic heterocycles. The second-order valence-corrected chi connectivity index (χ2v) is 7.45. The van der Waals surface area contributed by atoms with E-state index in [1.54, 1.807) is 42.6 Å². The molecule has 1 fully saturated rings. The first-order valence-corrected chi connectivity index (χ1v) is 10.0. The van der Waals surface area contributed by atoms with Gasteiger partial charge in [0.1, 0.15) is 5.75 Å². The first-order chi connectivity index (χ1) is 14.6. The molecule has 1 amide bonds. The lowest BCUT2D eigenvalue weighted by Crippen LogP contribution is -2.34. The van der Waals surface area contributed by atoms with Crippen LogP contribution in [-0.2, 0) is 4.79 Å². The number of carbonyl (C=O) groups excluding carboxylic acids is 2. The number of aromatic nitrogens is 2. The van der Waals surface area contributed by atoms with Gasteiger partial charge in [0, 0.05) is 23.0 Å². The number of hydrogen-bond acceptors (Lipinski definition) is 5. The van der Waals surface area contributed by atoms with Gasteiger partial charge in [-0.15, -0.1) is 0 Å². The van der Waals surface area contributed by atoms with Gasteiger partial charge in [0.15, 0.2) is 18.2 Å². The number of nitrogens with one attached hydrogen (secondary N) is 1. The summed E-state index contributed by atoms with van der Waals surface area (Å²) >= 11 is 0. The minimum absolute atomic E-state index is 0.0506. The molecule has 6 nitrogen and oxygen atoms in total. The lowest BCUT2D eigenvalue weighted by molar-refractivity contribution is -0.124. The molecule has 1 saturated carbocycles. The zero-order valence-corrected chi connectivity index (χ0v) is 16.7. The fourth-order valence-electron chi connectivity index (χ4n) is 3.26. The number of carbonyl (C=O) groups is 2. The van der Waals surface area contributed by atoms with Gasteiger partial charge in [0.05, 0.1) is 6.04 Å². The lowest BCUT2D eigenvalue weighted by atomic mass is 10.0. The molecule has 1 N–H and O–H groups in total. The smallest absolute Gasteiger partial charge is 0.258 e. The van der Waals surface area contributed by atoms with Gasteiger partial charge < -0.3 is 10.1 Å². The molecule has 1 unspecified atom stereocenters. The molecule has 2 aromatic carbocycles. The Kier molecular flexibility index (Phi) is 5.84. The van der Waals surface area contributed by atoms with Crippen molar-refractivity contribution in [2.24, 2.45) is 5.92 Å². The van der Waals surface area contributed by atoms with E-state index >= 15 is 0 Å². The van der Waals surface area contributed by atoms with E-state index in [0.29, 0.717) is 28.6 Å². The first-order valence-electron chi connectivity index (χ1n) is 10.0. The van der Waals surface area contributed by atoms with Gasteiger partial charge in [0.2, 0.25) is 0 Å². The molecule has 0 spiro atoms. The van der Waals surface area contributed by atoms with Crippen LogP contribution in [0.15, 0.2) is 66.9 Å². The van der Waals surface area contributed by atoms with Gasteiger partial charge in [-0.25, -0.2) is 9.97 Å². The van der Waals surface area contributed by atoms with Crippen LogP contribution < -0.4 is 10.1 Å². The number of ether oxygens (including phenoxy) is 1. The molecule has 0 bridgehead atoms. The van der Waals surface area contributed by atoms with Gasteiger partial charge in [-0.2, -0.15) is 0 Å². The largest absolute Gasteiger partial charge is 0.484 e. The summed E-state index contributed by atoms with van der Waals surface area (Å²) in [7, 11) is 0. The second-order valence-electron chi connectivity index (χ2n) is 7.45. The van der Waals surface area contributed by atoms with E-state index in [4.69, 9.17) is 4.74 Å². The van der Waals surface area contributed by atoms with Crippen LogP contribution in [0.3, 0.4) is 0 Å². The van der Waals surface area contributed by atoms with Crippen LogP contribution in [-0.4, -0.2) is 28.3 Å². The van der Waals surface area contributed by atoms with Crippen molar-refractivity contribution >= 4 is 11.7 Å². The zero-order valence-electron chi connectivity index (χ0n) is 16.7. The Bertz CT molecular complexity index is 1030. The van der Waals surface area contributed by atoms with Gasteiger partial charge in [-0.05, 0) is 56.0 Å². The maximum Gasteiger partial charge on any atom is 0.258 e. The third-order valence-corrected chi connectivity index (χ3v) is 5.02. The highest BCUT2D eigenvalue weighted by Crippen LogP contribution is 2.39. The summed E-state index contributed by atoms with van der Waals surface area (Å²) < 4.78 is 5.60. The van der Waals surface area contributed by atoms with Crippen LogP contribution in [0.25, 0.3) is 0 Å². The Morgan fingerprint density at radius 2 is 1.73 bits per heavy atom. The molecule has 1 aromatic heterocycles. The number of amides is 1. The molecule has 6 heteroatoms. The van der Waals surface area contributed by atoms with E-state index < -0.39 is 0 Å². The summed E-state index contributed by atoms with van der Waals surface area (Å²) in [6.45, 7) is 1.80. The molecule has 1 heterocycles. The molecular weight excluding hydrogens is 378 g/mol. The summed E-state index contributed by atoms with van der Waals surface area (Å²) in [5.74, 6) is 1.28. The van der Waals surface area contributed by atoms with Crippen LogP contribution in [0.5, 0.6) is 5.75 Å². The van der Waals surface area contributed by atoms with Crippen molar-refractivity contribution in [3.8, 4) is 5.75 Å². The van der Waals surface area contributed by atoms with E-state index in [0.717, 1.165) is 18.5 Å². The highest BCUT2D eigenvalue weighted by Gasteiger charge is 2.35. The Balaban J connectivity index is 1.34. The van der Waals surface area contributed by atoms with Gasteiger partial charge >= 0.3 is 0 Å². The fraction of sp³-hybridized carbons (Fsp3) is 0.250. The summed E-state index contributed by atoms with van der Waals surface area (Å²) in [6, 6.07) is 17.6. The van der Waals surface area contributed by atoms with E-state index in [2.05, 4.69) is 15.3 Å². The van der Waals surface area contributed by atoms with Crippen molar-refractivity contribution in [2.75, 3.05) is 6.61 Å². The summed E-state index contributed by atoms with van der Waals surface area (Å²) in [4.78, 5) is 33.7. The minimum Gasteiger partial charge on any atom is -0.484 e. The Hall–Kier alpha value is -3.54. The number of benzene rings is 2. The SMILES string of the molecule is Cc1ccnc(C(NC(=O)COc2ccc(C(=O)c3ccccc3)cc2)C2CC2)n1. The standard InChI is InChI=1S/C24H23N3O3/c1-16-13-14-25-24(26-16)22(17-7-8-17)27-21(28)15-30-20-11-9-19(10-12-20)23(29)18-5-3-2-4-6-18/h2-6,9-14,17,22H,7-8,15H2,1H3,(H,27,28). The molecule has 152 valence electrons. The van der Waals surface area contributed by atoms with Crippen molar-refractivity contribution in [1.82, 2.24) is 15.3 Å². The normalized spacial score (nSPS) is 14.0. The van der Waals surface area contributed by atoms with Crippen molar-refractivity contribution in [3.63, 3.8) is 0 Å². The third-order valence-electron chi connectivity index (χ3n) is 5.02. The molecule has 3 aromatic rings. The summed E-state index contributed by atoms with van der Waals surface area (Å²) in [5.41, 5.74) is 2.08. The maximum atomic E-state index is 12.5. The highest BCUT2D eigenvalue weighted by molar-refractivity contribution is 6.08. The molecule has 30 heavy (non-hydrogen) atoms.